The number of ether oxygens (including phenoxy) is 1. The molecular weight excluding hydrogens is 597 g/mol. The fraction of sp³-hybridized carbons (Fsp3) is 0.300. The molecule has 1 heterocycles. The Morgan fingerprint density at radius 1 is 1.19 bits per heavy atom. The zero-order chi connectivity index (χ0) is 31.4. The van der Waals surface area contributed by atoms with Crippen molar-refractivity contribution in [3.63, 3.8) is 0 Å². The molecule has 0 spiro atoms. The van der Waals surface area contributed by atoms with Crippen LogP contribution in [0.1, 0.15) is 36.1 Å². The molecule has 0 aliphatic heterocycles. The van der Waals surface area contributed by atoms with Crippen molar-refractivity contribution < 1.29 is 41.4 Å². The lowest BCUT2D eigenvalue weighted by Crippen LogP contribution is -2.54. The summed E-state index contributed by atoms with van der Waals surface area (Å²) in [4.78, 5) is 29.8. The molecule has 1 aromatic heterocycles. The van der Waals surface area contributed by atoms with E-state index in [2.05, 4.69) is 26.9 Å². The van der Waals surface area contributed by atoms with Crippen molar-refractivity contribution in [2.75, 3.05) is 0 Å². The van der Waals surface area contributed by atoms with Gasteiger partial charge in [0.15, 0.2) is 0 Å². The second-order valence-electron chi connectivity index (χ2n) is 10.3. The predicted molar refractivity (Wildman–Crippen MR) is 148 cm³/mol. The fourth-order valence-corrected chi connectivity index (χ4v) is 5.31. The predicted octanol–water partition coefficient (Wildman–Crippen LogP) is 6.71. The van der Waals surface area contributed by atoms with Crippen molar-refractivity contribution in [2.24, 2.45) is 5.41 Å². The van der Waals surface area contributed by atoms with Gasteiger partial charge in [0.2, 0.25) is 0 Å². The first kappa shape index (κ1) is 31.7. The number of hydrogen-bond acceptors (Lipinski definition) is 4. The van der Waals surface area contributed by atoms with E-state index in [9.17, 15) is 36.6 Å². The summed E-state index contributed by atoms with van der Waals surface area (Å²) in [7, 11) is 0. The summed E-state index contributed by atoms with van der Waals surface area (Å²) in [6, 6.07) is 12.4. The Bertz CT molecular complexity index is 1480. The number of amides is 2. The van der Waals surface area contributed by atoms with E-state index in [1.807, 2.05) is 0 Å². The van der Waals surface area contributed by atoms with Crippen LogP contribution in [0, 0.1) is 11.2 Å². The van der Waals surface area contributed by atoms with Gasteiger partial charge in [0.05, 0.1) is 16.1 Å². The number of alkyl halides is 4. The third-order valence-electron chi connectivity index (χ3n) is 7.38. The summed E-state index contributed by atoms with van der Waals surface area (Å²) < 4.78 is 72.7. The minimum absolute atomic E-state index is 0.0603. The molecule has 1 fully saturated rings. The Morgan fingerprint density at radius 3 is 2.49 bits per heavy atom. The monoisotopic (exact) mass is 623 g/mol. The van der Waals surface area contributed by atoms with Gasteiger partial charge in [-0.2, -0.15) is 17.6 Å². The molecular formula is C30H27ClF5N3O4. The van der Waals surface area contributed by atoms with Crippen LogP contribution in [0.2, 0.25) is 5.02 Å². The van der Waals surface area contributed by atoms with E-state index < -0.39 is 53.1 Å². The molecule has 4 rings (SSSR count). The number of halogens is 6. The molecule has 3 atom stereocenters. The second kappa shape index (κ2) is 12.6. The smallest absolute Gasteiger partial charge is 0.461 e. The lowest BCUT2D eigenvalue weighted by atomic mass is 9.80. The fourth-order valence-electron chi connectivity index (χ4n) is 5.20. The second-order valence-corrected chi connectivity index (χ2v) is 10.7. The van der Waals surface area contributed by atoms with Gasteiger partial charge >= 0.3 is 24.5 Å². The maximum Gasteiger partial charge on any atom is 0.461 e. The number of carbonyl (C=O) groups excluding carboxylic acids is 1. The van der Waals surface area contributed by atoms with Crippen LogP contribution < -0.4 is 15.4 Å². The lowest BCUT2D eigenvalue weighted by Gasteiger charge is -2.36. The summed E-state index contributed by atoms with van der Waals surface area (Å²) in [6.45, 7) is 3.62. The minimum Gasteiger partial charge on any atom is -0.481 e. The number of nitrogens with one attached hydrogen (secondary N) is 2. The molecule has 13 heteroatoms. The summed E-state index contributed by atoms with van der Waals surface area (Å²) >= 11 is 6.05. The van der Waals surface area contributed by atoms with Crippen molar-refractivity contribution in [3.05, 3.63) is 107 Å². The molecule has 43 heavy (non-hydrogen) atoms. The summed E-state index contributed by atoms with van der Waals surface area (Å²) in [6.07, 6.45) is -6.04. The number of aromatic nitrogens is 1. The minimum atomic E-state index is -4.93. The first-order valence-corrected chi connectivity index (χ1v) is 13.4. The van der Waals surface area contributed by atoms with E-state index in [-0.39, 0.29) is 35.5 Å². The van der Waals surface area contributed by atoms with Crippen LogP contribution in [0.25, 0.3) is 0 Å². The van der Waals surface area contributed by atoms with Crippen molar-refractivity contribution in [1.82, 2.24) is 15.6 Å². The number of carboxylic acids is 1. The number of urea groups is 1. The number of rotatable bonds is 11. The van der Waals surface area contributed by atoms with Gasteiger partial charge in [-0.15, -0.1) is 6.58 Å². The molecule has 1 aliphatic carbocycles. The molecule has 0 saturated heterocycles. The van der Waals surface area contributed by atoms with Crippen molar-refractivity contribution in [3.8, 4) is 5.75 Å². The molecule has 2 amide bonds. The Hall–Kier alpha value is -4.19. The van der Waals surface area contributed by atoms with Gasteiger partial charge < -0.3 is 20.5 Å². The summed E-state index contributed by atoms with van der Waals surface area (Å²) in [5, 5.41) is 15.4. The molecule has 7 nitrogen and oxygen atoms in total. The van der Waals surface area contributed by atoms with Crippen LogP contribution in [0.5, 0.6) is 5.75 Å². The Labute approximate surface area is 248 Å². The van der Waals surface area contributed by atoms with Crippen LogP contribution >= 0.6 is 11.6 Å². The molecule has 228 valence electrons. The largest absolute Gasteiger partial charge is 0.481 e. The van der Waals surface area contributed by atoms with Crippen molar-refractivity contribution in [2.45, 2.75) is 49.8 Å². The molecule has 3 N–H and O–H groups in total. The van der Waals surface area contributed by atoms with Crippen LogP contribution in [0.4, 0.5) is 26.7 Å². The average molecular weight is 624 g/mol. The van der Waals surface area contributed by atoms with Crippen LogP contribution in [-0.4, -0.2) is 40.7 Å². The van der Waals surface area contributed by atoms with Crippen LogP contribution in [-0.2, 0) is 16.8 Å². The summed E-state index contributed by atoms with van der Waals surface area (Å²) in [5.41, 5.74) is -2.48. The number of benzene rings is 2. The molecule has 0 bridgehead atoms. The number of pyridine rings is 1. The van der Waals surface area contributed by atoms with Gasteiger partial charge in [-0.1, -0.05) is 48.0 Å². The highest BCUT2D eigenvalue weighted by atomic mass is 35.5. The highest BCUT2D eigenvalue weighted by Crippen LogP contribution is 2.40. The average Bonchev–Trinajstić information content (AvgIpc) is 3.37. The highest BCUT2D eigenvalue weighted by molar-refractivity contribution is 6.30. The Morgan fingerprint density at radius 2 is 1.91 bits per heavy atom. The zero-order valence-electron chi connectivity index (χ0n) is 22.5. The standard InChI is InChI=1S/C30H27ClF5N3O4/c1-2-28(26(40)41)11-10-22(16-28)38-27(42)39-29(15-18-6-4-3-5-7-18,24-9-8-20(31)17-37-24)19-12-21(32)14-23(13-19)43-30(35,36)25(33)34/h2-9,12-14,17,22,25H,1,10-11,15-16H2,(H,40,41)(H2,38,39,42)/t22-,28+,29+/m1/s1. The van der Waals surface area contributed by atoms with Crippen LogP contribution in [0.3, 0.4) is 0 Å². The third kappa shape index (κ3) is 7.07. The van der Waals surface area contributed by atoms with E-state index in [0.717, 1.165) is 12.1 Å². The van der Waals surface area contributed by atoms with E-state index in [1.54, 1.807) is 30.3 Å². The van der Waals surface area contributed by atoms with Gasteiger partial charge in [0.25, 0.3) is 0 Å². The molecule has 2 aromatic carbocycles. The first-order valence-electron chi connectivity index (χ1n) is 13.1. The third-order valence-corrected chi connectivity index (χ3v) is 7.60. The quantitative estimate of drug-likeness (QED) is 0.163. The van der Waals surface area contributed by atoms with Gasteiger partial charge in [-0.05, 0) is 54.7 Å². The van der Waals surface area contributed by atoms with Gasteiger partial charge in [0.1, 0.15) is 17.1 Å². The lowest BCUT2D eigenvalue weighted by molar-refractivity contribution is -0.253. The normalized spacial score (nSPS) is 19.8. The topological polar surface area (TPSA) is 101 Å². The Balaban J connectivity index is 1.82. The Kier molecular flexibility index (Phi) is 9.29. The van der Waals surface area contributed by atoms with E-state index >= 15 is 0 Å². The number of carboxylic acid groups (broad SMARTS) is 1. The zero-order valence-corrected chi connectivity index (χ0v) is 23.3. The number of nitrogens with zero attached hydrogens (tertiary/aromatic N) is 1. The number of hydrogen-bond donors (Lipinski definition) is 3. The summed E-state index contributed by atoms with van der Waals surface area (Å²) in [5.74, 6) is -3.11. The van der Waals surface area contributed by atoms with E-state index in [4.69, 9.17) is 11.6 Å². The first-order chi connectivity index (χ1) is 20.3. The maximum atomic E-state index is 15.0. The SMILES string of the molecule is C=C[C@]1(C(=O)O)CC[C@@H](NC(=O)N[C@@](Cc2ccccc2)(c2cc(F)cc(OC(F)(F)C(F)F)c2)c2ccc(Cl)cn2)C1. The molecule has 1 aliphatic rings. The maximum absolute atomic E-state index is 15.0. The molecule has 1 saturated carbocycles. The van der Waals surface area contributed by atoms with Gasteiger partial charge in [0, 0.05) is 24.7 Å². The molecule has 0 unspecified atom stereocenters. The number of aliphatic carboxylic acids is 1. The van der Waals surface area contributed by atoms with Crippen LogP contribution in [0.15, 0.2) is 79.5 Å². The number of carbonyl (C=O) groups is 2. The van der Waals surface area contributed by atoms with E-state index in [0.29, 0.717) is 18.1 Å². The molecule has 0 radical (unpaired) electrons. The van der Waals surface area contributed by atoms with Crippen molar-refractivity contribution >= 4 is 23.6 Å². The highest BCUT2D eigenvalue weighted by Gasteiger charge is 2.46. The van der Waals surface area contributed by atoms with E-state index in [1.165, 1.54) is 24.4 Å². The van der Waals surface area contributed by atoms with Crippen molar-refractivity contribution in [1.29, 1.82) is 0 Å². The van der Waals surface area contributed by atoms with Gasteiger partial charge in [-0.3, -0.25) is 9.78 Å². The van der Waals surface area contributed by atoms with Gasteiger partial charge in [-0.25, -0.2) is 9.18 Å². The molecule has 3 aromatic rings.